The zero-order valence-corrected chi connectivity index (χ0v) is 7.69. The number of nitrogens with zero attached hydrogens (tertiary/aromatic N) is 2. The number of carboxylic acid groups (broad SMARTS) is 1. The molecule has 4 nitrogen and oxygen atoms in total. The molecular weight excluding hydrogens is 168 g/mol. The van der Waals surface area contributed by atoms with E-state index in [1.807, 2.05) is 6.92 Å². The molecule has 0 aliphatic carbocycles. The van der Waals surface area contributed by atoms with Crippen LogP contribution >= 0.6 is 0 Å². The Labute approximate surface area is 76.7 Å². The van der Waals surface area contributed by atoms with Crippen LogP contribution in [0.5, 0.6) is 0 Å². The normalized spacial score (nSPS) is 12.5. The second kappa shape index (κ2) is 3.98. The summed E-state index contributed by atoms with van der Waals surface area (Å²) in [7, 11) is 0. The van der Waals surface area contributed by atoms with E-state index in [1.54, 1.807) is 19.3 Å². The van der Waals surface area contributed by atoms with Gasteiger partial charge in [-0.15, -0.1) is 0 Å². The molecule has 0 spiro atoms. The summed E-state index contributed by atoms with van der Waals surface area (Å²) >= 11 is 0. The lowest BCUT2D eigenvalue weighted by Gasteiger charge is -2.04. The Hall–Kier alpha value is -1.45. The number of hydrogen-bond donors (Lipinski definition) is 1. The number of aryl methyl sites for hydroxylation is 1. The minimum Gasteiger partial charge on any atom is -0.481 e. The zero-order chi connectivity index (χ0) is 9.84. The summed E-state index contributed by atoms with van der Waals surface area (Å²) in [4.78, 5) is 18.6. The molecule has 0 aliphatic rings. The first-order valence-electron chi connectivity index (χ1n) is 4.10. The smallest absolute Gasteiger partial charge is 0.306 e. The number of hydrogen-bond acceptors (Lipinski definition) is 3. The van der Waals surface area contributed by atoms with E-state index in [0.29, 0.717) is 6.42 Å². The molecule has 0 fully saturated rings. The van der Waals surface area contributed by atoms with Gasteiger partial charge in [-0.2, -0.15) is 0 Å². The van der Waals surface area contributed by atoms with Crippen molar-refractivity contribution in [3.05, 3.63) is 23.8 Å². The van der Waals surface area contributed by atoms with E-state index in [1.165, 1.54) is 0 Å². The molecule has 0 aromatic carbocycles. The van der Waals surface area contributed by atoms with E-state index in [4.69, 9.17) is 5.11 Å². The maximum atomic E-state index is 10.5. The standard InChI is InChI=1S/C9H12N2O2/c1-6(9(12)13)3-8-5-10-7(2)4-11-8/h4-6H,3H2,1-2H3,(H,12,13). The van der Waals surface area contributed by atoms with Crippen molar-refractivity contribution in [3.8, 4) is 0 Å². The number of aromatic nitrogens is 2. The third-order valence-corrected chi connectivity index (χ3v) is 1.77. The summed E-state index contributed by atoms with van der Waals surface area (Å²) in [5.74, 6) is -1.21. The number of carbonyl (C=O) groups is 1. The van der Waals surface area contributed by atoms with Crippen molar-refractivity contribution in [3.63, 3.8) is 0 Å². The molecule has 0 aliphatic heterocycles. The third-order valence-electron chi connectivity index (χ3n) is 1.77. The number of carboxylic acids is 1. The molecule has 1 aromatic heterocycles. The van der Waals surface area contributed by atoms with Crippen molar-refractivity contribution in [1.82, 2.24) is 9.97 Å². The van der Waals surface area contributed by atoms with Crippen LogP contribution in [0, 0.1) is 12.8 Å². The monoisotopic (exact) mass is 180 g/mol. The predicted molar refractivity (Wildman–Crippen MR) is 47.3 cm³/mol. The molecule has 0 amide bonds. The third kappa shape index (κ3) is 2.82. The van der Waals surface area contributed by atoms with Gasteiger partial charge in [-0.3, -0.25) is 14.8 Å². The van der Waals surface area contributed by atoms with Gasteiger partial charge in [0, 0.05) is 18.8 Å². The predicted octanol–water partition coefficient (Wildman–Crippen LogP) is 1.05. The summed E-state index contributed by atoms with van der Waals surface area (Å²) in [6.07, 6.45) is 3.70. The summed E-state index contributed by atoms with van der Waals surface area (Å²) in [5.41, 5.74) is 1.56. The van der Waals surface area contributed by atoms with Gasteiger partial charge in [0.25, 0.3) is 0 Å². The molecular formula is C9H12N2O2. The van der Waals surface area contributed by atoms with E-state index in [2.05, 4.69) is 9.97 Å². The molecule has 4 heteroatoms. The molecule has 1 atom stereocenters. The SMILES string of the molecule is Cc1cnc(CC(C)C(=O)O)cn1. The molecule has 1 N–H and O–H groups in total. The molecule has 1 heterocycles. The van der Waals surface area contributed by atoms with Crippen molar-refractivity contribution >= 4 is 5.97 Å². The average molecular weight is 180 g/mol. The van der Waals surface area contributed by atoms with Crippen LogP contribution in [-0.4, -0.2) is 21.0 Å². The topological polar surface area (TPSA) is 63.1 Å². The molecule has 0 saturated heterocycles. The molecule has 13 heavy (non-hydrogen) atoms. The van der Waals surface area contributed by atoms with Crippen LogP contribution in [0.25, 0.3) is 0 Å². The van der Waals surface area contributed by atoms with Crippen molar-refractivity contribution in [2.45, 2.75) is 20.3 Å². The lowest BCUT2D eigenvalue weighted by Crippen LogP contribution is -2.13. The highest BCUT2D eigenvalue weighted by atomic mass is 16.4. The zero-order valence-electron chi connectivity index (χ0n) is 7.69. The van der Waals surface area contributed by atoms with Crippen LogP contribution in [-0.2, 0) is 11.2 Å². The van der Waals surface area contributed by atoms with E-state index in [0.717, 1.165) is 11.4 Å². The molecule has 70 valence electrons. The molecule has 0 saturated carbocycles. The largest absolute Gasteiger partial charge is 0.481 e. The fraction of sp³-hybridized carbons (Fsp3) is 0.444. The van der Waals surface area contributed by atoms with Crippen LogP contribution in [0.2, 0.25) is 0 Å². The quantitative estimate of drug-likeness (QED) is 0.755. The van der Waals surface area contributed by atoms with Gasteiger partial charge in [0.15, 0.2) is 0 Å². The van der Waals surface area contributed by atoms with Crippen LogP contribution in [0.15, 0.2) is 12.4 Å². The van der Waals surface area contributed by atoms with Gasteiger partial charge in [0.1, 0.15) is 0 Å². The maximum absolute atomic E-state index is 10.5. The summed E-state index contributed by atoms with van der Waals surface area (Å²) in [5, 5.41) is 8.65. The highest BCUT2D eigenvalue weighted by molar-refractivity contribution is 5.69. The van der Waals surface area contributed by atoms with E-state index < -0.39 is 11.9 Å². The fourth-order valence-electron chi connectivity index (χ4n) is 0.926. The summed E-state index contributed by atoms with van der Waals surface area (Å²) in [6.45, 7) is 3.50. The second-order valence-electron chi connectivity index (χ2n) is 3.09. The molecule has 1 aromatic rings. The molecule has 0 radical (unpaired) electrons. The first kappa shape index (κ1) is 9.64. The fourth-order valence-corrected chi connectivity index (χ4v) is 0.926. The number of rotatable bonds is 3. The molecule has 1 unspecified atom stereocenters. The Bertz CT molecular complexity index is 295. The van der Waals surface area contributed by atoms with E-state index in [-0.39, 0.29) is 0 Å². The second-order valence-corrected chi connectivity index (χ2v) is 3.09. The van der Waals surface area contributed by atoms with Gasteiger partial charge in [0.05, 0.1) is 17.3 Å². The van der Waals surface area contributed by atoms with Gasteiger partial charge in [0.2, 0.25) is 0 Å². The highest BCUT2D eigenvalue weighted by Gasteiger charge is 2.12. The highest BCUT2D eigenvalue weighted by Crippen LogP contribution is 2.04. The molecule has 0 bridgehead atoms. The van der Waals surface area contributed by atoms with Crippen LogP contribution in [0.3, 0.4) is 0 Å². The van der Waals surface area contributed by atoms with Gasteiger partial charge < -0.3 is 5.11 Å². The Balaban J connectivity index is 2.64. The van der Waals surface area contributed by atoms with E-state index in [9.17, 15) is 4.79 Å². The average Bonchev–Trinajstić information content (AvgIpc) is 2.08. The summed E-state index contributed by atoms with van der Waals surface area (Å²) in [6, 6.07) is 0. The molecule has 1 rings (SSSR count). The van der Waals surface area contributed by atoms with Crippen molar-refractivity contribution in [1.29, 1.82) is 0 Å². The lowest BCUT2D eigenvalue weighted by atomic mass is 10.1. The Morgan fingerprint density at radius 2 is 2.23 bits per heavy atom. The maximum Gasteiger partial charge on any atom is 0.306 e. The number of aliphatic carboxylic acids is 1. The first-order chi connectivity index (χ1) is 6.09. The van der Waals surface area contributed by atoms with Crippen LogP contribution in [0.4, 0.5) is 0 Å². The van der Waals surface area contributed by atoms with Crippen molar-refractivity contribution in [2.75, 3.05) is 0 Å². The van der Waals surface area contributed by atoms with Crippen LogP contribution in [0.1, 0.15) is 18.3 Å². The van der Waals surface area contributed by atoms with E-state index >= 15 is 0 Å². The van der Waals surface area contributed by atoms with Crippen LogP contribution < -0.4 is 0 Å². The lowest BCUT2D eigenvalue weighted by molar-refractivity contribution is -0.141. The van der Waals surface area contributed by atoms with Crippen molar-refractivity contribution in [2.24, 2.45) is 5.92 Å². The van der Waals surface area contributed by atoms with Gasteiger partial charge in [-0.1, -0.05) is 6.92 Å². The Morgan fingerprint density at radius 1 is 1.54 bits per heavy atom. The Morgan fingerprint density at radius 3 is 2.69 bits per heavy atom. The Kier molecular flexibility index (Phi) is 2.95. The van der Waals surface area contributed by atoms with Gasteiger partial charge >= 0.3 is 5.97 Å². The summed E-state index contributed by atoms with van der Waals surface area (Å²) < 4.78 is 0. The van der Waals surface area contributed by atoms with Gasteiger partial charge in [-0.25, -0.2) is 0 Å². The van der Waals surface area contributed by atoms with Crippen molar-refractivity contribution < 1.29 is 9.90 Å². The minimum atomic E-state index is -0.803. The van der Waals surface area contributed by atoms with Gasteiger partial charge in [-0.05, 0) is 6.92 Å². The first-order valence-corrected chi connectivity index (χ1v) is 4.10. The minimum absolute atomic E-state index is 0.406.